The van der Waals surface area contributed by atoms with Crippen molar-refractivity contribution < 1.29 is 8.42 Å². The molecule has 2 heterocycles. The molecule has 2 aliphatic carbocycles. The van der Waals surface area contributed by atoms with Gasteiger partial charge in [-0.25, -0.2) is 8.42 Å². The number of aromatic nitrogens is 2. The number of sulfone groups is 1. The van der Waals surface area contributed by atoms with E-state index in [1.165, 1.54) is 0 Å². The maximum absolute atomic E-state index is 12.6. The predicted molar refractivity (Wildman–Crippen MR) is 92.6 cm³/mol. The Morgan fingerprint density at radius 1 is 1.00 bits per heavy atom. The highest BCUT2D eigenvalue weighted by molar-refractivity contribution is 7.92. The topological polar surface area (TPSA) is 84.0 Å². The van der Waals surface area contributed by atoms with Crippen molar-refractivity contribution >= 4 is 15.7 Å². The van der Waals surface area contributed by atoms with Crippen molar-refractivity contribution in [2.24, 2.45) is 11.8 Å². The number of nitrogens with zero attached hydrogens (tertiary/aromatic N) is 2. The van der Waals surface area contributed by atoms with Gasteiger partial charge in [0.1, 0.15) is 5.82 Å². The van der Waals surface area contributed by atoms with E-state index in [2.05, 4.69) is 20.8 Å². The zero-order valence-corrected chi connectivity index (χ0v) is 14.8. The average Bonchev–Trinajstić information content (AvgIpc) is 3.18. The molecule has 7 heteroatoms. The lowest BCUT2D eigenvalue weighted by Gasteiger charge is -2.21. The number of rotatable bonds is 4. The van der Waals surface area contributed by atoms with E-state index in [9.17, 15) is 8.42 Å². The third-order valence-electron chi connectivity index (χ3n) is 5.93. The molecule has 6 nitrogen and oxygen atoms in total. The van der Waals surface area contributed by atoms with Crippen LogP contribution in [0, 0.1) is 11.8 Å². The van der Waals surface area contributed by atoms with E-state index in [4.69, 9.17) is 0 Å². The molecule has 132 valence electrons. The van der Waals surface area contributed by atoms with Crippen LogP contribution in [-0.2, 0) is 9.84 Å². The van der Waals surface area contributed by atoms with Gasteiger partial charge in [0.25, 0.3) is 0 Å². The number of anilines is 1. The first-order valence-corrected chi connectivity index (χ1v) is 10.7. The Morgan fingerprint density at radius 3 is 2.33 bits per heavy atom. The van der Waals surface area contributed by atoms with Gasteiger partial charge in [-0.1, -0.05) is 19.3 Å². The normalized spacial score (nSPS) is 31.1. The molecule has 0 amide bonds. The molecule has 2 saturated carbocycles. The van der Waals surface area contributed by atoms with Crippen LogP contribution in [0.3, 0.4) is 0 Å². The van der Waals surface area contributed by atoms with Gasteiger partial charge in [0.2, 0.25) is 0 Å². The predicted octanol–water partition coefficient (Wildman–Crippen LogP) is 1.99. The van der Waals surface area contributed by atoms with E-state index in [0.717, 1.165) is 69.9 Å². The zero-order valence-electron chi connectivity index (χ0n) is 13.9. The quantitative estimate of drug-likeness (QED) is 0.864. The fourth-order valence-electron chi connectivity index (χ4n) is 4.59. The standard InChI is InChI=1S/C17H26N4O2S/c22-24(23,15-4-2-1-3-5-15)17-7-6-16(20-21-17)19-14-8-12-10-18-11-13(12)9-14/h6-7,12-15,18H,1-5,8-11H2,(H,19,20)/t12-,13?,14?/m1/s1. The summed E-state index contributed by atoms with van der Waals surface area (Å²) in [6.07, 6.45) is 6.94. The summed E-state index contributed by atoms with van der Waals surface area (Å²) in [6, 6.07) is 3.82. The summed E-state index contributed by atoms with van der Waals surface area (Å²) in [5, 5.41) is 14.9. The minimum atomic E-state index is -3.33. The molecular formula is C17H26N4O2S. The first-order chi connectivity index (χ1) is 11.6. The minimum absolute atomic E-state index is 0.132. The van der Waals surface area contributed by atoms with Gasteiger partial charge in [-0.2, -0.15) is 0 Å². The van der Waals surface area contributed by atoms with E-state index >= 15 is 0 Å². The number of hydrogen-bond acceptors (Lipinski definition) is 6. The Bertz CT molecular complexity index is 658. The van der Waals surface area contributed by atoms with Crippen LogP contribution < -0.4 is 10.6 Å². The summed E-state index contributed by atoms with van der Waals surface area (Å²) in [7, 11) is -3.33. The van der Waals surface area contributed by atoms with Gasteiger partial charge < -0.3 is 10.6 Å². The maximum atomic E-state index is 12.6. The van der Waals surface area contributed by atoms with Crippen LogP contribution in [0.5, 0.6) is 0 Å². The average molecular weight is 350 g/mol. The van der Waals surface area contributed by atoms with Crippen LogP contribution in [0.4, 0.5) is 5.82 Å². The van der Waals surface area contributed by atoms with Crippen LogP contribution >= 0.6 is 0 Å². The highest BCUT2D eigenvalue weighted by Crippen LogP contribution is 2.35. The van der Waals surface area contributed by atoms with Crippen molar-refractivity contribution in [3.8, 4) is 0 Å². The molecule has 1 aromatic heterocycles. The van der Waals surface area contributed by atoms with Gasteiger partial charge in [-0.05, 0) is 62.7 Å². The van der Waals surface area contributed by atoms with E-state index < -0.39 is 9.84 Å². The molecule has 0 spiro atoms. The van der Waals surface area contributed by atoms with Gasteiger partial charge in [0, 0.05) is 6.04 Å². The lowest BCUT2D eigenvalue weighted by molar-refractivity contribution is 0.481. The minimum Gasteiger partial charge on any atom is -0.366 e. The van der Waals surface area contributed by atoms with E-state index in [1.54, 1.807) is 12.1 Å². The largest absolute Gasteiger partial charge is 0.366 e. The summed E-state index contributed by atoms with van der Waals surface area (Å²) < 4.78 is 25.3. The summed E-state index contributed by atoms with van der Waals surface area (Å²) in [4.78, 5) is 0. The second-order valence-electron chi connectivity index (χ2n) is 7.55. The van der Waals surface area contributed by atoms with Crippen LogP contribution in [0.2, 0.25) is 0 Å². The van der Waals surface area contributed by atoms with Crippen LogP contribution in [0.15, 0.2) is 17.2 Å². The van der Waals surface area contributed by atoms with Crippen LogP contribution in [-0.4, -0.2) is 43.0 Å². The molecule has 0 bridgehead atoms. The van der Waals surface area contributed by atoms with Gasteiger partial charge >= 0.3 is 0 Å². The first kappa shape index (κ1) is 16.3. The maximum Gasteiger partial charge on any atom is 0.200 e. The summed E-state index contributed by atoms with van der Waals surface area (Å²) in [5.41, 5.74) is 0. The molecule has 0 radical (unpaired) electrons. The van der Waals surface area contributed by atoms with E-state index in [-0.39, 0.29) is 10.3 Å². The molecule has 4 rings (SSSR count). The molecule has 2 unspecified atom stereocenters. The van der Waals surface area contributed by atoms with Gasteiger partial charge in [0.05, 0.1) is 5.25 Å². The molecular weight excluding hydrogens is 324 g/mol. The monoisotopic (exact) mass is 350 g/mol. The Morgan fingerprint density at radius 2 is 1.71 bits per heavy atom. The van der Waals surface area contributed by atoms with E-state index in [1.807, 2.05) is 0 Å². The van der Waals surface area contributed by atoms with Crippen molar-refractivity contribution in [2.75, 3.05) is 18.4 Å². The third kappa shape index (κ3) is 3.16. The Hall–Kier alpha value is -1.21. The number of nitrogens with one attached hydrogen (secondary N) is 2. The Balaban J connectivity index is 1.41. The Kier molecular flexibility index (Phi) is 4.47. The van der Waals surface area contributed by atoms with Crippen molar-refractivity contribution in [3.05, 3.63) is 12.1 Å². The lowest BCUT2D eigenvalue weighted by Crippen LogP contribution is -2.25. The molecule has 1 aliphatic heterocycles. The molecule has 3 aliphatic rings. The number of hydrogen-bond donors (Lipinski definition) is 2. The van der Waals surface area contributed by atoms with Gasteiger partial charge in [-0.15, -0.1) is 10.2 Å². The van der Waals surface area contributed by atoms with Crippen LogP contribution in [0.25, 0.3) is 0 Å². The molecule has 2 N–H and O–H groups in total. The molecule has 1 saturated heterocycles. The molecule has 0 aromatic carbocycles. The van der Waals surface area contributed by atoms with Gasteiger partial charge in [-0.3, -0.25) is 0 Å². The van der Waals surface area contributed by atoms with E-state index in [0.29, 0.717) is 11.9 Å². The van der Waals surface area contributed by atoms with Gasteiger partial charge in [0.15, 0.2) is 14.9 Å². The first-order valence-electron chi connectivity index (χ1n) is 9.18. The third-order valence-corrected chi connectivity index (χ3v) is 8.08. The highest BCUT2D eigenvalue weighted by Gasteiger charge is 2.37. The lowest BCUT2D eigenvalue weighted by atomic mass is 10.0. The molecule has 24 heavy (non-hydrogen) atoms. The SMILES string of the molecule is O=S(=O)(c1ccc(NC2CC3CNC[C@H]3C2)nn1)C1CCCCC1. The molecule has 3 fully saturated rings. The molecule has 1 aromatic rings. The highest BCUT2D eigenvalue weighted by atomic mass is 32.2. The van der Waals surface area contributed by atoms with Crippen molar-refractivity contribution in [2.45, 2.75) is 61.3 Å². The van der Waals surface area contributed by atoms with Crippen molar-refractivity contribution in [1.82, 2.24) is 15.5 Å². The Labute approximate surface area is 143 Å². The second-order valence-corrected chi connectivity index (χ2v) is 9.73. The summed E-state index contributed by atoms with van der Waals surface area (Å²) in [6.45, 7) is 2.24. The summed E-state index contributed by atoms with van der Waals surface area (Å²) >= 11 is 0. The van der Waals surface area contributed by atoms with Crippen molar-refractivity contribution in [3.63, 3.8) is 0 Å². The fraction of sp³-hybridized carbons (Fsp3) is 0.765. The van der Waals surface area contributed by atoms with Crippen molar-refractivity contribution in [1.29, 1.82) is 0 Å². The smallest absolute Gasteiger partial charge is 0.200 e. The molecule has 3 atom stereocenters. The summed E-state index contributed by atoms with van der Waals surface area (Å²) in [5.74, 6) is 2.22. The van der Waals surface area contributed by atoms with Crippen LogP contribution in [0.1, 0.15) is 44.9 Å². The second kappa shape index (κ2) is 6.59. The fourth-order valence-corrected chi connectivity index (χ4v) is 6.30. The zero-order chi connectivity index (χ0) is 16.6. The number of fused-ring (bicyclic) bond motifs is 1.